The first-order valence-electron chi connectivity index (χ1n) is 9.08. The fraction of sp³-hybridized carbons (Fsp3) is 0.200. The van der Waals surface area contributed by atoms with Crippen LogP contribution in [0, 0.1) is 23.0 Å². The third kappa shape index (κ3) is 3.58. The van der Waals surface area contributed by atoms with E-state index < -0.39 is 35.5 Å². The average molecular weight is 446 g/mol. The number of benzene rings is 1. The lowest BCUT2D eigenvalue weighted by Crippen LogP contribution is -2.54. The molecule has 31 heavy (non-hydrogen) atoms. The number of aromatic nitrogens is 3. The summed E-state index contributed by atoms with van der Waals surface area (Å²) >= 11 is 5.96. The Balaban J connectivity index is 2.12. The van der Waals surface area contributed by atoms with Gasteiger partial charge in [-0.05, 0) is 23.8 Å². The maximum Gasteiger partial charge on any atom is 0.338 e. The lowest BCUT2D eigenvalue weighted by atomic mass is 10.0. The van der Waals surface area contributed by atoms with Gasteiger partial charge in [0, 0.05) is 19.3 Å². The molecule has 1 fully saturated rings. The summed E-state index contributed by atoms with van der Waals surface area (Å²) in [6, 6.07) is 6.12. The minimum Gasteiger partial charge on any atom is -0.389 e. The van der Waals surface area contributed by atoms with E-state index in [0.717, 1.165) is 21.3 Å². The zero-order valence-corrected chi connectivity index (χ0v) is 16.6. The van der Waals surface area contributed by atoms with Gasteiger partial charge in [-0.1, -0.05) is 17.7 Å². The highest BCUT2D eigenvalue weighted by molar-refractivity contribution is 6.30. The Kier molecular flexibility index (Phi) is 5.31. The Morgan fingerprint density at radius 2 is 1.94 bits per heavy atom. The Morgan fingerprint density at radius 3 is 2.55 bits per heavy atom. The normalized spacial score (nSPS) is 13.7. The van der Waals surface area contributed by atoms with Crippen LogP contribution in [0.5, 0.6) is 0 Å². The van der Waals surface area contributed by atoms with E-state index in [1.54, 1.807) is 0 Å². The third-order valence-electron chi connectivity index (χ3n) is 4.87. The number of aliphatic hydroxyl groups excluding tert-OH is 1. The SMILES string of the molecule is N#CCn1c(N2CC(O)C2)c(-c2ccc(F)c(F)c2)c(=O)n(-c2cncc(Cl)c2)c1=O. The summed E-state index contributed by atoms with van der Waals surface area (Å²) in [5.41, 5.74) is -1.73. The van der Waals surface area contributed by atoms with Gasteiger partial charge in [-0.2, -0.15) is 5.26 Å². The maximum absolute atomic E-state index is 14.0. The molecule has 1 aliphatic rings. The fourth-order valence-corrected chi connectivity index (χ4v) is 3.63. The van der Waals surface area contributed by atoms with Gasteiger partial charge in [0.05, 0.1) is 34.6 Å². The number of aliphatic hydroxyl groups is 1. The molecule has 0 aliphatic carbocycles. The van der Waals surface area contributed by atoms with Crippen LogP contribution in [-0.4, -0.2) is 38.4 Å². The van der Waals surface area contributed by atoms with Crippen molar-refractivity contribution in [3.63, 3.8) is 0 Å². The molecule has 3 heterocycles. The molecule has 11 heteroatoms. The largest absolute Gasteiger partial charge is 0.389 e. The van der Waals surface area contributed by atoms with E-state index in [0.29, 0.717) is 0 Å². The number of β-amino-alcohol motifs (C(OH)–C–C–N with tert-alkyl or cyclic N) is 1. The van der Waals surface area contributed by atoms with Crippen LogP contribution >= 0.6 is 11.6 Å². The molecule has 0 spiro atoms. The quantitative estimate of drug-likeness (QED) is 0.655. The predicted molar refractivity (Wildman–Crippen MR) is 108 cm³/mol. The fourth-order valence-electron chi connectivity index (χ4n) is 3.47. The van der Waals surface area contributed by atoms with Gasteiger partial charge in [0.15, 0.2) is 11.6 Å². The predicted octanol–water partition coefficient (Wildman–Crippen LogP) is 1.70. The van der Waals surface area contributed by atoms with Crippen molar-refractivity contribution < 1.29 is 13.9 Å². The summed E-state index contributed by atoms with van der Waals surface area (Å²) in [4.78, 5) is 32.1. The molecule has 2 aromatic heterocycles. The minimum absolute atomic E-state index is 0.00992. The molecule has 4 rings (SSSR count). The van der Waals surface area contributed by atoms with Gasteiger partial charge in [-0.3, -0.25) is 14.3 Å². The van der Waals surface area contributed by atoms with E-state index in [1.165, 1.54) is 29.4 Å². The van der Waals surface area contributed by atoms with E-state index in [4.69, 9.17) is 11.6 Å². The van der Waals surface area contributed by atoms with Crippen molar-refractivity contribution in [1.29, 1.82) is 5.26 Å². The zero-order valence-electron chi connectivity index (χ0n) is 15.8. The number of nitrogens with zero attached hydrogens (tertiary/aromatic N) is 5. The van der Waals surface area contributed by atoms with Crippen LogP contribution in [0.4, 0.5) is 14.6 Å². The van der Waals surface area contributed by atoms with Crippen molar-refractivity contribution in [3.8, 4) is 22.9 Å². The molecule has 3 aromatic rings. The molecule has 1 aliphatic heterocycles. The molecule has 158 valence electrons. The number of halogens is 3. The van der Waals surface area contributed by atoms with Gasteiger partial charge < -0.3 is 10.0 Å². The second kappa shape index (κ2) is 7.94. The van der Waals surface area contributed by atoms with Gasteiger partial charge in [-0.15, -0.1) is 0 Å². The Labute approximate surface area is 178 Å². The smallest absolute Gasteiger partial charge is 0.338 e. The number of rotatable bonds is 4. The van der Waals surface area contributed by atoms with E-state index in [2.05, 4.69) is 4.98 Å². The summed E-state index contributed by atoms with van der Waals surface area (Å²) in [5.74, 6) is -2.24. The highest BCUT2D eigenvalue weighted by Gasteiger charge is 2.32. The maximum atomic E-state index is 14.0. The number of anilines is 1. The number of hydrogen-bond donors (Lipinski definition) is 1. The summed E-state index contributed by atoms with van der Waals surface area (Å²) in [7, 11) is 0. The highest BCUT2D eigenvalue weighted by Crippen LogP contribution is 2.31. The van der Waals surface area contributed by atoms with Crippen LogP contribution in [0.25, 0.3) is 16.8 Å². The molecule has 8 nitrogen and oxygen atoms in total. The molecule has 0 saturated carbocycles. The molecule has 0 radical (unpaired) electrons. The lowest BCUT2D eigenvalue weighted by molar-refractivity contribution is 0.140. The zero-order chi connectivity index (χ0) is 22.3. The topological polar surface area (TPSA) is 104 Å². The number of pyridine rings is 1. The minimum atomic E-state index is -1.18. The first-order valence-corrected chi connectivity index (χ1v) is 9.45. The number of hydrogen-bond acceptors (Lipinski definition) is 6. The van der Waals surface area contributed by atoms with Crippen LogP contribution in [-0.2, 0) is 6.54 Å². The van der Waals surface area contributed by atoms with Gasteiger partial charge in [0.2, 0.25) is 0 Å². The van der Waals surface area contributed by atoms with Crippen molar-refractivity contribution in [2.75, 3.05) is 18.0 Å². The summed E-state index contributed by atoms with van der Waals surface area (Å²) in [6.45, 7) is -0.223. The second-order valence-corrected chi connectivity index (χ2v) is 7.35. The van der Waals surface area contributed by atoms with Crippen molar-refractivity contribution in [2.45, 2.75) is 12.6 Å². The standard InChI is InChI=1S/C20H14ClF2N5O3/c21-12-6-13(8-25-7-12)28-19(30)17(11-1-2-15(22)16(23)5-11)18(26-9-14(29)10-26)27(4-3-24)20(28)31/h1-2,5-8,14,29H,4,9-10H2. The van der Waals surface area contributed by atoms with E-state index in [-0.39, 0.29) is 40.7 Å². The number of nitriles is 1. The Bertz CT molecular complexity index is 1340. The van der Waals surface area contributed by atoms with E-state index in [9.17, 15) is 28.7 Å². The Hall–Kier alpha value is -3.55. The van der Waals surface area contributed by atoms with Crippen LogP contribution < -0.4 is 16.1 Å². The van der Waals surface area contributed by atoms with Gasteiger partial charge >= 0.3 is 5.69 Å². The molecule has 0 amide bonds. The summed E-state index contributed by atoms with van der Waals surface area (Å²) in [5, 5.41) is 19.2. The van der Waals surface area contributed by atoms with E-state index >= 15 is 0 Å². The average Bonchev–Trinajstić information content (AvgIpc) is 2.70. The molecule has 1 N–H and O–H groups in total. The lowest BCUT2D eigenvalue weighted by Gasteiger charge is -2.39. The second-order valence-electron chi connectivity index (χ2n) is 6.92. The molecule has 1 aromatic carbocycles. The van der Waals surface area contributed by atoms with Crippen molar-refractivity contribution in [2.24, 2.45) is 0 Å². The molecular formula is C20H14ClF2N5O3. The first-order chi connectivity index (χ1) is 14.8. The van der Waals surface area contributed by atoms with Crippen molar-refractivity contribution in [1.82, 2.24) is 14.1 Å². The molecule has 0 unspecified atom stereocenters. The van der Waals surface area contributed by atoms with Crippen LogP contribution in [0.2, 0.25) is 5.02 Å². The molecule has 1 saturated heterocycles. The third-order valence-corrected chi connectivity index (χ3v) is 5.07. The van der Waals surface area contributed by atoms with Crippen LogP contribution in [0.1, 0.15) is 0 Å². The van der Waals surface area contributed by atoms with Crippen molar-refractivity contribution in [3.05, 3.63) is 74.2 Å². The van der Waals surface area contributed by atoms with E-state index in [1.807, 2.05) is 6.07 Å². The molecular weight excluding hydrogens is 432 g/mol. The van der Waals surface area contributed by atoms with Gasteiger partial charge in [-0.25, -0.2) is 18.1 Å². The Morgan fingerprint density at radius 1 is 1.19 bits per heavy atom. The van der Waals surface area contributed by atoms with Gasteiger partial charge in [0.1, 0.15) is 12.4 Å². The van der Waals surface area contributed by atoms with Crippen LogP contribution in [0.15, 0.2) is 46.2 Å². The van der Waals surface area contributed by atoms with Gasteiger partial charge in [0.25, 0.3) is 5.56 Å². The molecule has 0 bridgehead atoms. The van der Waals surface area contributed by atoms with Crippen molar-refractivity contribution >= 4 is 17.4 Å². The summed E-state index contributed by atoms with van der Waals surface area (Å²) in [6.07, 6.45) is 1.87. The monoisotopic (exact) mass is 445 g/mol. The summed E-state index contributed by atoms with van der Waals surface area (Å²) < 4.78 is 29.4. The molecule has 0 atom stereocenters. The first kappa shape index (κ1) is 20.7. The highest BCUT2D eigenvalue weighted by atomic mass is 35.5. The van der Waals surface area contributed by atoms with Crippen LogP contribution in [0.3, 0.4) is 0 Å².